The molecule has 0 unspecified atom stereocenters. The van der Waals surface area contributed by atoms with Crippen LogP contribution in [0.3, 0.4) is 0 Å². The summed E-state index contributed by atoms with van der Waals surface area (Å²) in [6.45, 7) is 7.23. The molecular formula is C14H10O2. The minimum atomic E-state index is -0.511. The molecule has 2 nitrogen and oxygen atoms in total. The maximum atomic E-state index is 11.8. The Morgan fingerprint density at radius 2 is 1.38 bits per heavy atom. The second kappa shape index (κ2) is 3.74. The predicted molar refractivity (Wildman–Crippen MR) is 63.1 cm³/mol. The summed E-state index contributed by atoms with van der Waals surface area (Å²) in [4.78, 5) is 23.5. The second-order valence-corrected chi connectivity index (χ2v) is 3.44. The van der Waals surface area contributed by atoms with E-state index in [1.165, 1.54) is 6.08 Å². The highest BCUT2D eigenvalue weighted by Crippen LogP contribution is 2.30. The molecule has 0 amide bonds. The minimum Gasteiger partial charge on any atom is -0.285 e. The largest absolute Gasteiger partial charge is 0.285 e. The normalized spacial score (nSPS) is 14.8. The summed E-state index contributed by atoms with van der Waals surface area (Å²) in [6.07, 6.45) is 2.99. The van der Waals surface area contributed by atoms with Gasteiger partial charge < -0.3 is 0 Å². The molecule has 0 fully saturated rings. The average Bonchev–Trinajstić information content (AvgIpc) is 2.33. The first kappa shape index (κ1) is 10.3. The van der Waals surface area contributed by atoms with E-state index in [1.807, 2.05) is 6.07 Å². The molecule has 1 aliphatic carbocycles. The predicted octanol–water partition coefficient (Wildman–Crippen LogP) is 2.58. The molecule has 0 spiro atoms. The first-order valence-corrected chi connectivity index (χ1v) is 4.88. The zero-order valence-corrected chi connectivity index (χ0v) is 8.69. The van der Waals surface area contributed by atoms with Crippen molar-refractivity contribution in [3.05, 3.63) is 66.3 Å². The van der Waals surface area contributed by atoms with Crippen molar-refractivity contribution < 1.29 is 9.59 Å². The summed E-state index contributed by atoms with van der Waals surface area (Å²) in [5.41, 5.74) is 2.19. The van der Waals surface area contributed by atoms with E-state index < -0.39 is 11.6 Å². The van der Waals surface area contributed by atoms with Crippen molar-refractivity contribution in [1.29, 1.82) is 0 Å². The zero-order chi connectivity index (χ0) is 11.7. The lowest BCUT2D eigenvalue weighted by molar-refractivity contribution is -0.111. The van der Waals surface area contributed by atoms with Crippen LogP contribution < -0.4 is 0 Å². The average molecular weight is 210 g/mol. The lowest BCUT2D eigenvalue weighted by Gasteiger charge is -2.17. The van der Waals surface area contributed by atoms with Crippen molar-refractivity contribution in [2.45, 2.75) is 0 Å². The summed E-state index contributed by atoms with van der Waals surface area (Å²) in [7, 11) is 0. The molecule has 1 aromatic carbocycles. The summed E-state index contributed by atoms with van der Waals surface area (Å²) in [5, 5.41) is 0. The third-order valence-corrected chi connectivity index (χ3v) is 2.61. The lowest BCUT2D eigenvalue weighted by atomic mass is 9.84. The standard InChI is InChI=1S/C14H10O2/c1-3-9-10(4-2)13(15)14(16)12-8-6-5-7-11(9)12/h3-8H,1-2H2. The van der Waals surface area contributed by atoms with E-state index in [4.69, 9.17) is 0 Å². The van der Waals surface area contributed by atoms with Crippen molar-refractivity contribution in [2.24, 2.45) is 0 Å². The third kappa shape index (κ3) is 1.27. The number of hydrogen-bond donors (Lipinski definition) is 0. The summed E-state index contributed by atoms with van der Waals surface area (Å²) >= 11 is 0. The Hall–Kier alpha value is -2.22. The number of hydrogen-bond acceptors (Lipinski definition) is 2. The zero-order valence-electron chi connectivity index (χ0n) is 8.69. The van der Waals surface area contributed by atoms with Crippen molar-refractivity contribution in [3.63, 3.8) is 0 Å². The monoisotopic (exact) mass is 210 g/mol. The molecule has 1 aromatic rings. The van der Waals surface area contributed by atoms with Gasteiger partial charge in [-0.05, 0) is 11.1 Å². The van der Waals surface area contributed by atoms with E-state index in [0.29, 0.717) is 16.7 Å². The van der Waals surface area contributed by atoms with Gasteiger partial charge in [0.15, 0.2) is 0 Å². The second-order valence-electron chi connectivity index (χ2n) is 3.44. The van der Waals surface area contributed by atoms with Gasteiger partial charge in [0.2, 0.25) is 11.6 Å². The molecule has 0 atom stereocenters. The van der Waals surface area contributed by atoms with Gasteiger partial charge in [0.1, 0.15) is 0 Å². The maximum absolute atomic E-state index is 11.8. The molecule has 0 saturated heterocycles. The number of benzene rings is 1. The number of fused-ring (bicyclic) bond motifs is 1. The Labute approximate surface area is 93.6 Å². The molecule has 78 valence electrons. The number of allylic oxidation sites excluding steroid dienone is 4. The van der Waals surface area contributed by atoms with E-state index in [-0.39, 0.29) is 0 Å². The van der Waals surface area contributed by atoms with Crippen LogP contribution in [0.2, 0.25) is 0 Å². The lowest BCUT2D eigenvalue weighted by Crippen LogP contribution is -2.22. The number of carbonyl (C=O) groups is 2. The first-order chi connectivity index (χ1) is 7.70. The summed E-state index contributed by atoms with van der Waals surface area (Å²) in [6, 6.07) is 7.02. The summed E-state index contributed by atoms with van der Waals surface area (Å²) in [5.74, 6) is -0.986. The van der Waals surface area contributed by atoms with Crippen LogP contribution in [0.4, 0.5) is 0 Å². The maximum Gasteiger partial charge on any atom is 0.234 e. The van der Waals surface area contributed by atoms with Crippen LogP contribution in [-0.4, -0.2) is 11.6 Å². The number of rotatable bonds is 2. The van der Waals surface area contributed by atoms with E-state index in [1.54, 1.807) is 24.3 Å². The highest BCUT2D eigenvalue weighted by atomic mass is 16.2. The molecular weight excluding hydrogens is 200 g/mol. The Bertz CT molecular complexity index is 548. The molecule has 0 saturated carbocycles. The van der Waals surface area contributed by atoms with Gasteiger partial charge in [0.05, 0.1) is 0 Å². The van der Waals surface area contributed by atoms with Gasteiger partial charge in [-0.2, -0.15) is 0 Å². The molecule has 0 radical (unpaired) electrons. The van der Waals surface area contributed by atoms with Gasteiger partial charge in [-0.1, -0.05) is 49.6 Å². The number of carbonyl (C=O) groups excluding carboxylic acids is 2. The van der Waals surface area contributed by atoms with Crippen LogP contribution in [0, 0.1) is 0 Å². The Morgan fingerprint density at radius 1 is 0.812 bits per heavy atom. The first-order valence-electron chi connectivity index (χ1n) is 4.88. The fourth-order valence-corrected chi connectivity index (χ4v) is 1.85. The highest BCUT2D eigenvalue weighted by Gasteiger charge is 2.29. The Morgan fingerprint density at radius 3 is 1.94 bits per heavy atom. The SMILES string of the molecule is C=CC1=C(C=C)c2ccccc2C(=O)C1=O. The molecule has 16 heavy (non-hydrogen) atoms. The van der Waals surface area contributed by atoms with E-state index in [9.17, 15) is 9.59 Å². The fraction of sp³-hybridized carbons (Fsp3) is 0. The number of ketones is 2. The third-order valence-electron chi connectivity index (χ3n) is 2.61. The van der Waals surface area contributed by atoms with Gasteiger partial charge >= 0.3 is 0 Å². The Balaban J connectivity index is 2.84. The van der Waals surface area contributed by atoms with Crippen LogP contribution >= 0.6 is 0 Å². The minimum absolute atomic E-state index is 0.332. The van der Waals surface area contributed by atoms with E-state index in [2.05, 4.69) is 13.2 Å². The van der Waals surface area contributed by atoms with Crippen molar-refractivity contribution in [1.82, 2.24) is 0 Å². The van der Waals surface area contributed by atoms with Crippen LogP contribution in [0.1, 0.15) is 15.9 Å². The molecule has 0 aliphatic heterocycles. The van der Waals surface area contributed by atoms with Crippen LogP contribution in [-0.2, 0) is 4.79 Å². The smallest absolute Gasteiger partial charge is 0.234 e. The van der Waals surface area contributed by atoms with Crippen molar-refractivity contribution >= 4 is 17.1 Å². The molecule has 0 bridgehead atoms. The topological polar surface area (TPSA) is 34.1 Å². The van der Waals surface area contributed by atoms with Crippen molar-refractivity contribution in [3.8, 4) is 0 Å². The van der Waals surface area contributed by atoms with Gasteiger partial charge in [0, 0.05) is 11.1 Å². The van der Waals surface area contributed by atoms with E-state index in [0.717, 1.165) is 5.56 Å². The van der Waals surface area contributed by atoms with E-state index >= 15 is 0 Å². The molecule has 0 heterocycles. The van der Waals surface area contributed by atoms with Crippen LogP contribution in [0.15, 0.2) is 55.1 Å². The Kier molecular flexibility index (Phi) is 2.41. The van der Waals surface area contributed by atoms with Gasteiger partial charge in [-0.15, -0.1) is 0 Å². The molecule has 0 aromatic heterocycles. The molecule has 2 rings (SSSR count). The van der Waals surface area contributed by atoms with Crippen molar-refractivity contribution in [2.75, 3.05) is 0 Å². The highest BCUT2D eigenvalue weighted by molar-refractivity contribution is 6.53. The van der Waals surface area contributed by atoms with Gasteiger partial charge in [-0.25, -0.2) is 0 Å². The molecule has 1 aliphatic rings. The summed E-state index contributed by atoms with van der Waals surface area (Å²) < 4.78 is 0. The number of Topliss-reactive ketones (excluding diaryl/α,β-unsaturated/α-hetero) is 2. The van der Waals surface area contributed by atoms with Crippen LogP contribution in [0.5, 0.6) is 0 Å². The molecule has 2 heteroatoms. The van der Waals surface area contributed by atoms with Crippen LogP contribution in [0.25, 0.3) is 5.57 Å². The molecule has 0 N–H and O–H groups in total. The van der Waals surface area contributed by atoms with Gasteiger partial charge in [-0.3, -0.25) is 9.59 Å². The van der Waals surface area contributed by atoms with Gasteiger partial charge in [0.25, 0.3) is 0 Å². The fourth-order valence-electron chi connectivity index (χ4n) is 1.85. The quantitative estimate of drug-likeness (QED) is 0.703.